The number of imidazole rings is 1. The summed E-state index contributed by atoms with van der Waals surface area (Å²) in [4.78, 5) is 42.6. The van der Waals surface area contributed by atoms with Crippen molar-refractivity contribution in [2.24, 2.45) is 5.92 Å². The fraction of sp³-hybridized carbons (Fsp3) is 0.207. The summed E-state index contributed by atoms with van der Waals surface area (Å²) in [5.74, 6) is 0.428. The second-order valence-corrected chi connectivity index (χ2v) is 9.39. The van der Waals surface area contributed by atoms with Crippen LogP contribution in [0.5, 0.6) is 0 Å². The Hall–Kier alpha value is -4.39. The van der Waals surface area contributed by atoms with Gasteiger partial charge in [-0.25, -0.2) is 4.98 Å². The Bertz CT molecular complexity index is 1590. The number of rotatable bonds is 6. The number of carbonyl (C=O) groups is 2. The number of fused-ring (bicyclic) bond motifs is 2. The number of aromatic amines is 1. The van der Waals surface area contributed by atoms with Gasteiger partial charge >= 0.3 is 0 Å². The molecule has 0 bridgehead atoms. The van der Waals surface area contributed by atoms with Gasteiger partial charge in [0.1, 0.15) is 11.2 Å². The van der Waals surface area contributed by atoms with Crippen LogP contribution in [0.3, 0.4) is 0 Å². The Morgan fingerprint density at radius 2 is 1.72 bits per heavy atom. The summed E-state index contributed by atoms with van der Waals surface area (Å²) in [6, 6.07) is 17.2. The number of nitrogens with one attached hydrogen (secondary N) is 2. The maximum atomic E-state index is 13.4. The van der Waals surface area contributed by atoms with E-state index in [4.69, 9.17) is 0 Å². The first-order valence-electron chi connectivity index (χ1n) is 12.3. The maximum absolute atomic E-state index is 13.4. The minimum atomic E-state index is -0.368. The Morgan fingerprint density at radius 3 is 2.53 bits per heavy atom. The third-order valence-electron chi connectivity index (χ3n) is 6.94. The molecule has 6 rings (SSSR count). The minimum Gasteiger partial charge on any atom is -0.324 e. The summed E-state index contributed by atoms with van der Waals surface area (Å²) in [6.07, 6.45) is 10.2. The van der Waals surface area contributed by atoms with Crippen molar-refractivity contribution >= 4 is 39.4 Å². The van der Waals surface area contributed by atoms with Crippen LogP contribution in [0.2, 0.25) is 0 Å². The molecule has 178 valence electrons. The number of benzene rings is 2. The van der Waals surface area contributed by atoms with Crippen molar-refractivity contribution in [3.8, 4) is 11.1 Å². The van der Waals surface area contributed by atoms with Gasteiger partial charge in [-0.3, -0.25) is 24.9 Å². The third kappa shape index (κ3) is 4.35. The van der Waals surface area contributed by atoms with Crippen molar-refractivity contribution in [3.05, 3.63) is 84.4 Å². The van der Waals surface area contributed by atoms with Gasteiger partial charge < -0.3 is 4.98 Å². The van der Waals surface area contributed by atoms with E-state index in [1.54, 1.807) is 24.7 Å². The molecule has 2 aromatic carbocycles. The van der Waals surface area contributed by atoms with Crippen LogP contribution in [0.25, 0.3) is 32.9 Å². The van der Waals surface area contributed by atoms with E-state index < -0.39 is 0 Å². The molecule has 1 aliphatic rings. The van der Waals surface area contributed by atoms with Gasteiger partial charge in [0.15, 0.2) is 5.78 Å². The summed E-state index contributed by atoms with van der Waals surface area (Å²) in [5.41, 5.74) is 3.99. The lowest BCUT2D eigenvalue weighted by molar-refractivity contribution is 0.0962. The highest BCUT2D eigenvalue weighted by Crippen LogP contribution is 2.32. The monoisotopic (exact) mass is 475 g/mol. The van der Waals surface area contributed by atoms with Gasteiger partial charge in [-0.15, -0.1) is 0 Å². The maximum Gasteiger partial charge on any atom is 0.276 e. The van der Waals surface area contributed by atoms with Crippen molar-refractivity contribution < 1.29 is 9.59 Å². The summed E-state index contributed by atoms with van der Waals surface area (Å²) in [5, 5.41) is 4.72. The highest BCUT2D eigenvalue weighted by molar-refractivity contribution is 6.09. The van der Waals surface area contributed by atoms with Crippen LogP contribution in [0, 0.1) is 5.92 Å². The number of aromatic nitrogens is 4. The zero-order valence-corrected chi connectivity index (χ0v) is 19.7. The molecule has 2 N–H and O–H groups in total. The van der Waals surface area contributed by atoms with Crippen LogP contribution in [-0.2, 0) is 0 Å². The molecule has 0 radical (unpaired) electrons. The fourth-order valence-electron chi connectivity index (χ4n) is 5.07. The van der Waals surface area contributed by atoms with Crippen LogP contribution < -0.4 is 5.32 Å². The second-order valence-electron chi connectivity index (χ2n) is 9.39. The number of nitrogens with zero attached hydrogens (tertiary/aromatic N) is 3. The number of carbonyl (C=O) groups excluding carboxylic acids is 2. The number of hydrogen-bond donors (Lipinski definition) is 2. The van der Waals surface area contributed by atoms with Crippen molar-refractivity contribution in [2.75, 3.05) is 5.32 Å². The second kappa shape index (κ2) is 9.34. The Morgan fingerprint density at radius 1 is 0.944 bits per heavy atom. The molecular formula is C29H25N5O2. The van der Waals surface area contributed by atoms with Gasteiger partial charge in [-0.1, -0.05) is 49.9 Å². The first kappa shape index (κ1) is 22.1. The molecule has 1 fully saturated rings. The van der Waals surface area contributed by atoms with Crippen LogP contribution in [-0.4, -0.2) is 31.6 Å². The highest BCUT2D eigenvalue weighted by atomic mass is 16.2. The Balaban J connectivity index is 1.35. The molecule has 1 aliphatic carbocycles. The van der Waals surface area contributed by atoms with Crippen molar-refractivity contribution in [3.63, 3.8) is 0 Å². The predicted octanol–water partition coefficient (Wildman–Crippen LogP) is 6.19. The molecule has 5 aromatic rings. The van der Waals surface area contributed by atoms with E-state index in [2.05, 4.69) is 25.3 Å². The molecule has 0 unspecified atom stereocenters. The SMILES string of the molecule is O=C(Nc1nc2c(C(=O)CC3CCCC3)cc(-c3ccncc3)cc2[nH]1)c1cc2ccccc2cn1. The number of H-pyrrole nitrogens is 1. The summed E-state index contributed by atoms with van der Waals surface area (Å²) >= 11 is 0. The topological polar surface area (TPSA) is 101 Å². The number of amides is 1. The molecule has 0 saturated heterocycles. The lowest BCUT2D eigenvalue weighted by Crippen LogP contribution is -2.14. The molecule has 1 saturated carbocycles. The Kier molecular flexibility index (Phi) is 5.73. The van der Waals surface area contributed by atoms with Gasteiger partial charge in [-0.2, -0.15) is 0 Å². The van der Waals surface area contributed by atoms with Crippen LogP contribution in [0.4, 0.5) is 5.95 Å². The van der Waals surface area contributed by atoms with Gasteiger partial charge in [0.05, 0.1) is 5.52 Å². The molecule has 7 nitrogen and oxygen atoms in total. The van der Waals surface area contributed by atoms with Crippen molar-refractivity contribution in [1.82, 2.24) is 19.9 Å². The normalized spacial score (nSPS) is 13.9. The molecule has 3 aromatic heterocycles. The zero-order valence-electron chi connectivity index (χ0n) is 19.7. The zero-order chi connectivity index (χ0) is 24.5. The lowest BCUT2D eigenvalue weighted by Gasteiger charge is -2.10. The fourth-order valence-corrected chi connectivity index (χ4v) is 5.07. The lowest BCUT2D eigenvalue weighted by atomic mass is 9.94. The third-order valence-corrected chi connectivity index (χ3v) is 6.94. The molecule has 7 heteroatoms. The first-order valence-corrected chi connectivity index (χ1v) is 12.3. The standard InChI is InChI=1S/C29H25N5O2/c35-26(13-18-5-1-2-6-18)23-14-22(19-9-11-30-12-10-19)16-24-27(23)33-29(32-24)34-28(36)25-15-20-7-3-4-8-21(20)17-31-25/h3-4,7-12,14-18H,1-2,5-6,13H2,(H2,32,33,34,36). The van der Waals surface area contributed by atoms with Crippen LogP contribution >= 0.6 is 0 Å². The van der Waals surface area contributed by atoms with Crippen molar-refractivity contribution in [1.29, 1.82) is 0 Å². The van der Waals surface area contributed by atoms with Gasteiger partial charge in [-0.05, 0) is 52.8 Å². The summed E-state index contributed by atoms with van der Waals surface area (Å²) in [7, 11) is 0. The van der Waals surface area contributed by atoms with E-state index in [0.29, 0.717) is 34.6 Å². The summed E-state index contributed by atoms with van der Waals surface area (Å²) in [6.45, 7) is 0. The minimum absolute atomic E-state index is 0.0865. The van der Waals surface area contributed by atoms with Gasteiger partial charge in [0, 0.05) is 36.0 Å². The number of hydrogen-bond acceptors (Lipinski definition) is 5. The molecule has 36 heavy (non-hydrogen) atoms. The van der Waals surface area contributed by atoms with E-state index in [-0.39, 0.29) is 17.6 Å². The quantitative estimate of drug-likeness (QED) is 0.285. The molecular weight excluding hydrogens is 450 g/mol. The number of ketones is 1. The Labute approximate surface area is 208 Å². The average molecular weight is 476 g/mol. The average Bonchev–Trinajstić information content (AvgIpc) is 3.57. The number of pyridine rings is 2. The molecule has 3 heterocycles. The highest BCUT2D eigenvalue weighted by Gasteiger charge is 2.23. The number of Topliss-reactive ketones (excluding diaryl/α,β-unsaturated/α-hetero) is 1. The van der Waals surface area contributed by atoms with Gasteiger partial charge in [0.2, 0.25) is 5.95 Å². The van der Waals surface area contributed by atoms with Crippen LogP contribution in [0.15, 0.2) is 73.2 Å². The molecule has 0 spiro atoms. The van der Waals surface area contributed by atoms with E-state index in [1.807, 2.05) is 48.5 Å². The largest absolute Gasteiger partial charge is 0.324 e. The van der Waals surface area contributed by atoms with E-state index >= 15 is 0 Å². The van der Waals surface area contributed by atoms with E-state index in [0.717, 1.165) is 34.7 Å². The van der Waals surface area contributed by atoms with Crippen LogP contribution in [0.1, 0.15) is 53.0 Å². The molecule has 1 amide bonds. The van der Waals surface area contributed by atoms with E-state index in [9.17, 15) is 9.59 Å². The number of anilines is 1. The summed E-state index contributed by atoms with van der Waals surface area (Å²) < 4.78 is 0. The van der Waals surface area contributed by atoms with Crippen molar-refractivity contribution in [2.45, 2.75) is 32.1 Å². The molecule has 0 atom stereocenters. The van der Waals surface area contributed by atoms with Gasteiger partial charge in [0.25, 0.3) is 5.91 Å². The van der Waals surface area contributed by atoms with E-state index in [1.165, 1.54) is 12.8 Å². The predicted molar refractivity (Wildman–Crippen MR) is 140 cm³/mol. The molecule has 0 aliphatic heterocycles. The smallest absolute Gasteiger partial charge is 0.276 e. The first-order chi connectivity index (χ1) is 17.6.